The van der Waals surface area contributed by atoms with Gasteiger partial charge in [-0.15, -0.1) is 0 Å². The lowest BCUT2D eigenvalue weighted by atomic mass is 9.88. The first-order chi connectivity index (χ1) is 8.79. The zero-order valence-electron chi connectivity index (χ0n) is 10.4. The molecule has 2 N–H and O–H groups in total. The van der Waals surface area contributed by atoms with Crippen molar-refractivity contribution in [3.05, 3.63) is 11.7 Å². The topological polar surface area (TPSA) is 71.2 Å². The van der Waals surface area contributed by atoms with E-state index >= 15 is 0 Å². The minimum atomic E-state index is -0.284. The quantitative estimate of drug-likeness (QED) is 0.828. The Kier molecular flexibility index (Phi) is 2.45. The van der Waals surface area contributed by atoms with Crippen LogP contribution in [0.1, 0.15) is 55.8 Å². The Morgan fingerprint density at radius 1 is 1.22 bits per heavy atom. The third kappa shape index (κ3) is 1.68. The first-order valence-electron chi connectivity index (χ1n) is 7.04. The molecule has 2 saturated carbocycles. The molecule has 0 amide bonds. The van der Waals surface area contributed by atoms with Gasteiger partial charge in [-0.3, -0.25) is 0 Å². The van der Waals surface area contributed by atoms with E-state index < -0.39 is 0 Å². The molecule has 0 spiro atoms. The van der Waals surface area contributed by atoms with Gasteiger partial charge in [-0.05, 0) is 37.5 Å². The molecule has 0 radical (unpaired) electrons. The fourth-order valence-electron chi connectivity index (χ4n) is 4.01. The molecule has 3 fully saturated rings. The lowest BCUT2D eigenvalue weighted by molar-refractivity contribution is 0.191. The van der Waals surface area contributed by atoms with Crippen molar-refractivity contribution in [1.82, 2.24) is 15.5 Å². The minimum absolute atomic E-state index is 0.0415. The van der Waals surface area contributed by atoms with Gasteiger partial charge < -0.3 is 14.9 Å². The summed E-state index contributed by atoms with van der Waals surface area (Å²) in [4.78, 5) is 4.58. The van der Waals surface area contributed by atoms with Gasteiger partial charge in [0.2, 0.25) is 5.89 Å². The number of nitrogens with zero attached hydrogens (tertiary/aromatic N) is 2. The number of aromatic nitrogens is 2. The summed E-state index contributed by atoms with van der Waals surface area (Å²) in [6.45, 7) is 0.622. The molecule has 1 aromatic heterocycles. The van der Waals surface area contributed by atoms with Crippen molar-refractivity contribution in [2.24, 2.45) is 11.8 Å². The molecule has 3 unspecified atom stereocenters. The first kappa shape index (κ1) is 10.9. The van der Waals surface area contributed by atoms with Crippen molar-refractivity contribution in [2.45, 2.75) is 50.2 Å². The fourth-order valence-corrected chi connectivity index (χ4v) is 4.01. The maximum Gasteiger partial charge on any atom is 0.243 e. The van der Waals surface area contributed by atoms with Gasteiger partial charge in [0.05, 0.1) is 12.1 Å². The average molecular weight is 249 g/mol. The number of aliphatic hydroxyl groups excluding tert-OH is 1. The first-order valence-corrected chi connectivity index (χ1v) is 7.04. The lowest BCUT2D eigenvalue weighted by Crippen LogP contribution is -2.15. The van der Waals surface area contributed by atoms with E-state index in [0.717, 1.165) is 17.7 Å². The summed E-state index contributed by atoms with van der Waals surface area (Å²) >= 11 is 0. The Morgan fingerprint density at radius 3 is 2.83 bits per heavy atom. The van der Waals surface area contributed by atoms with Crippen LogP contribution in [0.25, 0.3) is 0 Å². The van der Waals surface area contributed by atoms with Crippen LogP contribution < -0.4 is 5.32 Å². The van der Waals surface area contributed by atoms with Gasteiger partial charge in [0.25, 0.3) is 0 Å². The van der Waals surface area contributed by atoms with Crippen molar-refractivity contribution in [1.29, 1.82) is 0 Å². The van der Waals surface area contributed by atoms with E-state index in [-0.39, 0.29) is 12.1 Å². The molecule has 2 bridgehead atoms. The third-order valence-electron chi connectivity index (χ3n) is 4.93. The summed E-state index contributed by atoms with van der Waals surface area (Å²) in [7, 11) is 0. The Hall–Kier alpha value is -0.940. The molecular weight excluding hydrogens is 230 g/mol. The van der Waals surface area contributed by atoms with E-state index in [0.29, 0.717) is 24.8 Å². The molecule has 5 nitrogen and oxygen atoms in total. The van der Waals surface area contributed by atoms with E-state index in [1.54, 1.807) is 0 Å². The lowest BCUT2D eigenvalue weighted by Gasteiger charge is -2.17. The number of nitrogens with one attached hydrogen (secondary N) is 1. The number of β-amino-alcohol motifs (C(OH)–C–C–N with tert-alkyl or cyclic N) is 1. The fraction of sp³-hybridized carbons (Fsp3) is 0.846. The smallest absolute Gasteiger partial charge is 0.243 e. The van der Waals surface area contributed by atoms with Crippen LogP contribution in [0.15, 0.2) is 4.52 Å². The Balaban J connectivity index is 1.52. The highest BCUT2D eigenvalue weighted by molar-refractivity contribution is 5.08. The predicted molar refractivity (Wildman–Crippen MR) is 63.9 cm³/mol. The van der Waals surface area contributed by atoms with E-state index in [2.05, 4.69) is 15.5 Å². The van der Waals surface area contributed by atoms with Gasteiger partial charge in [-0.25, -0.2) is 0 Å². The largest absolute Gasteiger partial charge is 0.392 e. The molecule has 3 aliphatic rings. The monoisotopic (exact) mass is 249 g/mol. The normalized spacial score (nSPS) is 42.8. The molecule has 1 aliphatic heterocycles. The second kappa shape index (κ2) is 4.03. The van der Waals surface area contributed by atoms with E-state index in [4.69, 9.17) is 4.52 Å². The van der Waals surface area contributed by atoms with E-state index in [9.17, 15) is 5.11 Å². The number of hydrogen-bond donors (Lipinski definition) is 2. The van der Waals surface area contributed by atoms with Crippen LogP contribution in [0, 0.1) is 11.8 Å². The summed E-state index contributed by atoms with van der Waals surface area (Å²) in [6.07, 6.45) is 5.72. The molecule has 5 atom stereocenters. The van der Waals surface area contributed by atoms with Gasteiger partial charge in [-0.1, -0.05) is 11.6 Å². The second-order valence-electron chi connectivity index (χ2n) is 6.12. The molecule has 18 heavy (non-hydrogen) atoms. The SMILES string of the molecule is O[C@H]1CN[C@@H](c2nc(C3CC4CCC3C4)no2)C1. The zero-order chi connectivity index (χ0) is 12.1. The standard InChI is InChI=1S/C13H19N3O2/c17-9-5-11(14-6-9)13-15-12(16-18-13)10-4-7-1-2-8(10)3-7/h7-11,14,17H,1-6H2/t7?,8?,9-,10?,11-/m1/s1. The maximum atomic E-state index is 9.51. The molecule has 1 aromatic rings. The number of fused-ring (bicyclic) bond motifs is 2. The summed E-state index contributed by atoms with van der Waals surface area (Å²) in [5.41, 5.74) is 0. The molecule has 0 aromatic carbocycles. The molecule has 4 rings (SSSR count). The summed E-state index contributed by atoms with van der Waals surface area (Å²) in [6, 6.07) is 0.0415. The van der Waals surface area contributed by atoms with Crippen LogP contribution in [-0.4, -0.2) is 27.9 Å². The molecule has 98 valence electrons. The summed E-state index contributed by atoms with van der Waals surface area (Å²) in [5.74, 6) is 3.76. The van der Waals surface area contributed by atoms with Gasteiger partial charge in [-0.2, -0.15) is 4.98 Å². The van der Waals surface area contributed by atoms with Gasteiger partial charge >= 0.3 is 0 Å². The van der Waals surface area contributed by atoms with Crippen LogP contribution in [-0.2, 0) is 0 Å². The van der Waals surface area contributed by atoms with Crippen LogP contribution in [0.2, 0.25) is 0 Å². The van der Waals surface area contributed by atoms with Crippen molar-refractivity contribution >= 4 is 0 Å². The highest BCUT2D eigenvalue weighted by atomic mass is 16.5. The highest BCUT2D eigenvalue weighted by Gasteiger charge is 2.42. The predicted octanol–water partition coefficient (Wildman–Crippen LogP) is 1.37. The van der Waals surface area contributed by atoms with Gasteiger partial charge in [0.1, 0.15) is 0 Å². The van der Waals surface area contributed by atoms with Crippen LogP contribution in [0.3, 0.4) is 0 Å². The number of hydrogen-bond acceptors (Lipinski definition) is 5. The van der Waals surface area contributed by atoms with E-state index in [1.807, 2.05) is 0 Å². The van der Waals surface area contributed by atoms with Crippen LogP contribution in [0.5, 0.6) is 0 Å². The summed E-state index contributed by atoms with van der Waals surface area (Å²) < 4.78 is 5.38. The van der Waals surface area contributed by atoms with Gasteiger partial charge in [0.15, 0.2) is 5.82 Å². The Bertz CT molecular complexity index is 447. The Morgan fingerprint density at radius 2 is 2.17 bits per heavy atom. The minimum Gasteiger partial charge on any atom is -0.392 e. The third-order valence-corrected chi connectivity index (χ3v) is 4.93. The van der Waals surface area contributed by atoms with E-state index in [1.165, 1.54) is 25.7 Å². The second-order valence-corrected chi connectivity index (χ2v) is 6.12. The molecule has 5 heteroatoms. The zero-order valence-corrected chi connectivity index (χ0v) is 10.4. The average Bonchev–Trinajstić information content (AvgIpc) is 3.12. The highest BCUT2D eigenvalue weighted by Crippen LogP contribution is 2.52. The maximum absolute atomic E-state index is 9.51. The molecular formula is C13H19N3O2. The van der Waals surface area contributed by atoms with Crippen LogP contribution >= 0.6 is 0 Å². The summed E-state index contributed by atoms with van der Waals surface area (Å²) in [5, 5.41) is 16.9. The van der Waals surface area contributed by atoms with Gasteiger partial charge in [0, 0.05) is 12.5 Å². The van der Waals surface area contributed by atoms with Crippen LogP contribution in [0.4, 0.5) is 0 Å². The van der Waals surface area contributed by atoms with Crippen molar-refractivity contribution in [3.8, 4) is 0 Å². The molecule has 2 aliphatic carbocycles. The number of rotatable bonds is 2. The van der Waals surface area contributed by atoms with Crippen molar-refractivity contribution < 1.29 is 9.63 Å². The molecule has 2 heterocycles. The Labute approximate surface area is 106 Å². The van der Waals surface area contributed by atoms with Crippen molar-refractivity contribution in [2.75, 3.05) is 6.54 Å². The molecule has 1 saturated heterocycles. The number of aliphatic hydroxyl groups is 1. The van der Waals surface area contributed by atoms with Crippen molar-refractivity contribution in [3.63, 3.8) is 0 Å².